The predicted octanol–water partition coefficient (Wildman–Crippen LogP) is 24.4. The van der Waals surface area contributed by atoms with Crippen molar-refractivity contribution < 1.29 is 24.5 Å². The average Bonchev–Trinajstić information content (AvgIpc) is 3.48. The van der Waals surface area contributed by atoms with Crippen molar-refractivity contribution >= 4 is 11.9 Å². The number of hydrogen-bond donors (Lipinski definition) is 3. The number of ether oxygens (including phenoxy) is 1. The van der Waals surface area contributed by atoms with Crippen LogP contribution >= 0.6 is 0 Å². The summed E-state index contributed by atoms with van der Waals surface area (Å²) in [5, 5.41) is 23.2. The number of aliphatic hydroxyl groups excluding tert-OH is 2. The lowest BCUT2D eigenvalue weighted by Crippen LogP contribution is -2.45. The minimum Gasteiger partial charge on any atom is -0.466 e. The molecule has 0 aliphatic carbocycles. The highest BCUT2D eigenvalue weighted by atomic mass is 16.5. The zero-order valence-corrected chi connectivity index (χ0v) is 55.9. The van der Waals surface area contributed by atoms with Crippen LogP contribution in [0.5, 0.6) is 0 Å². The molecule has 0 aromatic heterocycles. The molecule has 488 valence electrons. The summed E-state index contributed by atoms with van der Waals surface area (Å²) in [6.07, 6.45) is 95.0. The van der Waals surface area contributed by atoms with E-state index in [-0.39, 0.29) is 18.5 Å². The first kappa shape index (κ1) is 80.8. The average molecular weight is 1170 g/mol. The Balaban J connectivity index is 3.38. The van der Waals surface area contributed by atoms with Crippen LogP contribution < -0.4 is 5.32 Å². The summed E-state index contributed by atoms with van der Waals surface area (Å²) in [6.45, 7) is 4.93. The lowest BCUT2D eigenvalue weighted by atomic mass is 10.0. The SMILES string of the molecule is CCCCCCCCC/C=C\CCCCCCCCCC(=O)OCCCCCCCCCCC/C=C\C/C=C\CCCCCCCCCCCCCCCCCCCC(=O)NC(CO)C(O)/C=C/CCCCCCCCCCCCCCC. The van der Waals surface area contributed by atoms with Crippen LogP contribution in [-0.2, 0) is 14.3 Å². The summed E-state index contributed by atoms with van der Waals surface area (Å²) < 4.78 is 5.50. The lowest BCUT2D eigenvalue weighted by Gasteiger charge is -2.20. The number of nitrogens with one attached hydrogen (secondary N) is 1. The Morgan fingerprint density at radius 2 is 0.602 bits per heavy atom. The van der Waals surface area contributed by atoms with Crippen molar-refractivity contribution in [2.75, 3.05) is 13.2 Å². The van der Waals surface area contributed by atoms with E-state index in [1.165, 1.54) is 327 Å². The molecule has 2 atom stereocenters. The maximum atomic E-state index is 12.5. The molecule has 0 heterocycles. The molecule has 0 fully saturated rings. The van der Waals surface area contributed by atoms with Crippen molar-refractivity contribution in [1.29, 1.82) is 0 Å². The summed E-state index contributed by atoms with van der Waals surface area (Å²) in [5.41, 5.74) is 0. The zero-order valence-electron chi connectivity index (χ0n) is 55.9. The first-order valence-electron chi connectivity index (χ1n) is 37.4. The van der Waals surface area contributed by atoms with Crippen molar-refractivity contribution in [3.63, 3.8) is 0 Å². The molecule has 0 aliphatic heterocycles. The van der Waals surface area contributed by atoms with Crippen LogP contribution in [0.2, 0.25) is 0 Å². The molecular formula is C77H145NO5. The number of esters is 1. The van der Waals surface area contributed by atoms with Crippen LogP contribution in [0.25, 0.3) is 0 Å². The van der Waals surface area contributed by atoms with Crippen LogP contribution in [0.3, 0.4) is 0 Å². The normalized spacial score (nSPS) is 12.8. The van der Waals surface area contributed by atoms with Gasteiger partial charge in [0.1, 0.15) is 0 Å². The first-order chi connectivity index (χ1) is 41.0. The topological polar surface area (TPSA) is 95.9 Å². The third-order valence-electron chi connectivity index (χ3n) is 17.3. The molecule has 0 radical (unpaired) electrons. The highest BCUT2D eigenvalue weighted by molar-refractivity contribution is 5.76. The Hall–Kier alpha value is -2.18. The molecule has 0 rings (SSSR count). The number of rotatable bonds is 70. The number of amides is 1. The molecular weight excluding hydrogens is 1020 g/mol. The molecule has 6 nitrogen and oxygen atoms in total. The van der Waals surface area contributed by atoms with Crippen LogP contribution in [0.4, 0.5) is 0 Å². The predicted molar refractivity (Wildman–Crippen MR) is 366 cm³/mol. The minimum absolute atomic E-state index is 0.0113. The molecule has 3 N–H and O–H groups in total. The van der Waals surface area contributed by atoms with Crippen molar-refractivity contribution in [2.24, 2.45) is 0 Å². The second-order valence-electron chi connectivity index (χ2n) is 25.6. The van der Waals surface area contributed by atoms with E-state index in [0.717, 1.165) is 51.4 Å². The Bertz CT molecular complexity index is 1390. The molecule has 0 aromatic carbocycles. The molecule has 0 spiro atoms. The second kappa shape index (κ2) is 72.3. The molecule has 0 aromatic rings. The maximum absolute atomic E-state index is 12.5. The number of carbonyl (C=O) groups is 2. The third kappa shape index (κ3) is 68.8. The highest BCUT2D eigenvalue weighted by Gasteiger charge is 2.18. The van der Waals surface area contributed by atoms with Gasteiger partial charge in [0.05, 0.1) is 25.4 Å². The largest absolute Gasteiger partial charge is 0.466 e. The maximum Gasteiger partial charge on any atom is 0.305 e. The van der Waals surface area contributed by atoms with Gasteiger partial charge in [-0.05, 0) is 89.9 Å². The fraction of sp³-hybridized carbons (Fsp3) is 0.870. The van der Waals surface area contributed by atoms with Crippen molar-refractivity contribution in [3.8, 4) is 0 Å². The standard InChI is InChI=1S/C77H145NO5/c1-3-5-7-9-11-13-15-17-19-20-39-43-47-51-55-59-63-67-71-77(82)83-72-68-64-60-56-52-48-44-40-37-35-33-31-29-27-25-23-21-22-24-26-28-30-32-34-36-38-42-46-50-54-58-62-66-70-76(81)78-74(73-79)75(80)69-65-61-57-53-49-45-41-18-16-14-12-10-8-6-4-2/h19-20,25,27,31,33,65,69,74-75,79-80H,3-18,21-24,26,28-30,32,34-64,66-68,70-73H2,1-2H3,(H,78,81)/b20-19-,27-25-,33-31-,69-65+. The van der Waals surface area contributed by atoms with Crippen molar-refractivity contribution in [1.82, 2.24) is 5.32 Å². The summed E-state index contributed by atoms with van der Waals surface area (Å²) in [4.78, 5) is 24.6. The minimum atomic E-state index is -0.843. The summed E-state index contributed by atoms with van der Waals surface area (Å²) in [7, 11) is 0. The number of hydrogen-bond acceptors (Lipinski definition) is 5. The molecule has 0 saturated carbocycles. The molecule has 83 heavy (non-hydrogen) atoms. The number of carbonyl (C=O) groups excluding carboxylic acids is 2. The Morgan fingerprint density at radius 1 is 0.337 bits per heavy atom. The summed E-state index contributed by atoms with van der Waals surface area (Å²) in [6, 6.07) is -0.627. The molecule has 0 bridgehead atoms. The van der Waals surface area contributed by atoms with Gasteiger partial charge in [0.25, 0.3) is 0 Å². The molecule has 6 heteroatoms. The van der Waals surface area contributed by atoms with Crippen LogP contribution in [0.1, 0.15) is 406 Å². The van der Waals surface area contributed by atoms with Gasteiger partial charge in [-0.25, -0.2) is 0 Å². The summed E-state index contributed by atoms with van der Waals surface area (Å²) in [5.74, 6) is -0.0528. The molecule has 1 amide bonds. The van der Waals surface area contributed by atoms with Gasteiger partial charge in [0.2, 0.25) is 5.91 Å². The van der Waals surface area contributed by atoms with E-state index < -0.39 is 12.1 Å². The van der Waals surface area contributed by atoms with Gasteiger partial charge in [0, 0.05) is 12.8 Å². The lowest BCUT2D eigenvalue weighted by molar-refractivity contribution is -0.143. The zero-order chi connectivity index (χ0) is 59.9. The Morgan fingerprint density at radius 3 is 0.928 bits per heavy atom. The fourth-order valence-corrected chi connectivity index (χ4v) is 11.6. The van der Waals surface area contributed by atoms with E-state index in [2.05, 4.69) is 55.6 Å². The van der Waals surface area contributed by atoms with Crippen molar-refractivity contribution in [2.45, 2.75) is 418 Å². The van der Waals surface area contributed by atoms with E-state index in [1.54, 1.807) is 6.08 Å². The van der Waals surface area contributed by atoms with Gasteiger partial charge >= 0.3 is 5.97 Å². The fourth-order valence-electron chi connectivity index (χ4n) is 11.6. The van der Waals surface area contributed by atoms with Gasteiger partial charge in [-0.15, -0.1) is 0 Å². The van der Waals surface area contributed by atoms with E-state index in [1.807, 2.05) is 6.08 Å². The van der Waals surface area contributed by atoms with Crippen LogP contribution in [0, 0.1) is 0 Å². The van der Waals surface area contributed by atoms with Crippen molar-refractivity contribution in [3.05, 3.63) is 48.6 Å². The van der Waals surface area contributed by atoms with E-state index in [4.69, 9.17) is 4.74 Å². The monoisotopic (exact) mass is 1160 g/mol. The molecule has 0 saturated heterocycles. The molecule has 2 unspecified atom stereocenters. The molecule has 0 aliphatic rings. The Labute approximate surface area is 518 Å². The number of aliphatic hydroxyl groups is 2. The Kier molecular flexibility index (Phi) is 70.4. The van der Waals surface area contributed by atoms with Gasteiger partial charge < -0.3 is 20.3 Å². The van der Waals surface area contributed by atoms with E-state index >= 15 is 0 Å². The number of allylic oxidation sites excluding steroid dienone is 7. The second-order valence-corrected chi connectivity index (χ2v) is 25.6. The number of unbranched alkanes of at least 4 members (excludes halogenated alkanes) is 53. The van der Waals surface area contributed by atoms with Gasteiger partial charge in [0.15, 0.2) is 0 Å². The summed E-state index contributed by atoms with van der Waals surface area (Å²) >= 11 is 0. The van der Waals surface area contributed by atoms with E-state index in [0.29, 0.717) is 19.4 Å². The highest BCUT2D eigenvalue weighted by Crippen LogP contribution is 2.18. The van der Waals surface area contributed by atoms with Crippen LogP contribution in [-0.4, -0.2) is 47.4 Å². The van der Waals surface area contributed by atoms with Gasteiger partial charge in [-0.1, -0.05) is 351 Å². The van der Waals surface area contributed by atoms with Crippen LogP contribution in [0.15, 0.2) is 48.6 Å². The first-order valence-corrected chi connectivity index (χ1v) is 37.4. The van der Waals surface area contributed by atoms with Gasteiger partial charge in [-0.3, -0.25) is 9.59 Å². The van der Waals surface area contributed by atoms with Gasteiger partial charge in [-0.2, -0.15) is 0 Å². The quantitative estimate of drug-likeness (QED) is 0.0320. The third-order valence-corrected chi connectivity index (χ3v) is 17.3. The smallest absolute Gasteiger partial charge is 0.305 e. The van der Waals surface area contributed by atoms with E-state index in [9.17, 15) is 19.8 Å².